The lowest BCUT2D eigenvalue weighted by atomic mass is 9.90. The third-order valence-corrected chi connectivity index (χ3v) is 6.21. The van der Waals surface area contributed by atoms with Gasteiger partial charge in [-0.1, -0.05) is 6.92 Å². The number of halogens is 2. The minimum absolute atomic E-state index is 0.150. The van der Waals surface area contributed by atoms with Gasteiger partial charge < -0.3 is 19.7 Å². The Bertz CT molecular complexity index is 924. The number of hydrogen-bond donors (Lipinski definition) is 1. The maximum atomic E-state index is 13.4. The second-order valence-electron chi connectivity index (χ2n) is 8.74. The molecule has 0 atom stereocenters. The minimum Gasteiger partial charge on any atom is -0.475 e. The van der Waals surface area contributed by atoms with E-state index in [0.29, 0.717) is 25.5 Å². The van der Waals surface area contributed by atoms with E-state index in [1.165, 1.54) is 22.3 Å². The Hall–Kier alpha value is -2.33. The van der Waals surface area contributed by atoms with Gasteiger partial charge in [-0.2, -0.15) is 0 Å². The zero-order valence-electron chi connectivity index (χ0n) is 17.1. The zero-order chi connectivity index (χ0) is 21.6. The molecule has 1 N–H and O–H groups in total. The summed E-state index contributed by atoms with van der Waals surface area (Å²) in [5.41, 5.74) is -0.215. The fourth-order valence-electron chi connectivity index (χ4n) is 3.30. The van der Waals surface area contributed by atoms with Crippen LogP contribution in [0, 0.1) is 5.41 Å². The summed E-state index contributed by atoms with van der Waals surface area (Å²) < 4.78 is 37.9. The highest BCUT2D eigenvalue weighted by Crippen LogP contribution is 2.38. The standard InChI is InChI=1S/C20H24F2N4O3S/c1-18(2,17-23-6-7-30-17)25-15(27)13-4-5-14(26-8-20(21,22)9-26)16(24-13)29-12-19(3)10-28-11-19/h4-7H,8-12H2,1-3H3,(H,25,27). The molecule has 2 aromatic heterocycles. The van der Waals surface area contributed by atoms with Crippen molar-refractivity contribution in [2.24, 2.45) is 5.41 Å². The van der Waals surface area contributed by atoms with Crippen LogP contribution >= 0.6 is 11.3 Å². The largest absolute Gasteiger partial charge is 0.475 e. The lowest BCUT2D eigenvalue weighted by Crippen LogP contribution is -2.56. The first-order chi connectivity index (χ1) is 14.1. The van der Waals surface area contributed by atoms with Crippen LogP contribution in [0.1, 0.15) is 36.3 Å². The first-order valence-electron chi connectivity index (χ1n) is 9.64. The van der Waals surface area contributed by atoms with Crippen LogP contribution in [0.4, 0.5) is 14.5 Å². The van der Waals surface area contributed by atoms with E-state index in [2.05, 4.69) is 15.3 Å². The van der Waals surface area contributed by atoms with Gasteiger partial charge in [0.2, 0.25) is 5.88 Å². The van der Waals surface area contributed by atoms with Crippen molar-refractivity contribution in [2.75, 3.05) is 37.8 Å². The fourth-order valence-corrected chi connectivity index (χ4v) is 4.02. The molecule has 0 unspecified atom stereocenters. The van der Waals surface area contributed by atoms with Gasteiger partial charge in [0.1, 0.15) is 16.4 Å². The number of amides is 1. The first kappa shape index (κ1) is 20.9. The van der Waals surface area contributed by atoms with E-state index in [0.717, 1.165) is 5.01 Å². The molecule has 2 fully saturated rings. The summed E-state index contributed by atoms with van der Waals surface area (Å²) in [5.74, 6) is -2.93. The lowest BCUT2D eigenvalue weighted by molar-refractivity contribution is -0.120. The maximum absolute atomic E-state index is 13.4. The van der Waals surface area contributed by atoms with E-state index in [1.54, 1.807) is 12.3 Å². The summed E-state index contributed by atoms with van der Waals surface area (Å²) >= 11 is 1.45. The molecular weight excluding hydrogens is 414 g/mol. The number of rotatable bonds is 7. The predicted octanol–water partition coefficient (Wildman–Crippen LogP) is 3.07. The van der Waals surface area contributed by atoms with Gasteiger partial charge in [0.25, 0.3) is 11.8 Å². The van der Waals surface area contributed by atoms with Gasteiger partial charge in [-0.3, -0.25) is 4.79 Å². The van der Waals surface area contributed by atoms with Crippen molar-refractivity contribution in [3.63, 3.8) is 0 Å². The Morgan fingerprint density at radius 3 is 2.67 bits per heavy atom. The van der Waals surface area contributed by atoms with Crippen molar-refractivity contribution in [2.45, 2.75) is 32.2 Å². The summed E-state index contributed by atoms with van der Waals surface area (Å²) in [6.07, 6.45) is 1.68. The number of ether oxygens (including phenoxy) is 2. The van der Waals surface area contributed by atoms with Gasteiger partial charge >= 0.3 is 0 Å². The fraction of sp³-hybridized carbons (Fsp3) is 0.550. The molecule has 30 heavy (non-hydrogen) atoms. The summed E-state index contributed by atoms with van der Waals surface area (Å²) in [4.78, 5) is 23.0. The van der Waals surface area contributed by atoms with Crippen molar-refractivity contribution >= 4 is 22.9 Å². The Labute approximate surface area is 177 Å². The third kappa shape index (κ3) is 4.24. The number of carbonyl (C=O) groups excluding carboxylic acids is 1. The normalized spacial score (nSPS) is 19.6. The molecule has 0 saturated carbocycles. The van der Waals surface area contributed by atoms with Crippen molar-refractivity contribution in [3.8, 4) is 5.88 Å². The molecule has 4 heterocycles. The first-order valence-corrected chi connectivity index (χ1v) is 10.5. The van der Waals surface area contributed by atoms with Crippen molar-refractivity contribution in [1.29, 1.82) is 0 Å². The van der Waals surface area contributed by atoms with Crippen LogP contribution in [0.15, 0.2) is 23.7 Å². The summed E-state index contributed by atoms with van der Waals surface area (Å²) in [7, 11) is 0. The van der Waals surface area contributed by atoms with E-state index < -0.39 is 30.5 Å². The van der Waals surface area contributed by atoms with Crippen LogP contribution in [0.5, 0.6) is 5.88 Å². The number of nitrogens with zero attached hydrogens (tertiary/aromatic N) is 3. The van der Waals surface area contributed by atoms with E-state index >= 15 is 0 Å². The molecule has 0 radical (unpaired) electrons. The molecule has 1 amide bonds. The van der Waals surface area contributed by atoms with Crippen LogP contribution < -0.4 is 15.0 Å². The number of carbonyl (C=O) groups is 1. The van der Waals surface area contributed by atoms with Crippen LogP contribution in [-0.4, -0.2) is 54.7 Å². The number of pyridine rings is 1. The lowest BCUT2D eigenvalue weighted by Gasteiger charge is -2.41. The summed E-state index contributed by atoms with van der Waals surface area (Å²) in [5, 5.41) is 5.54. The van der Waals surface area contributed by atoms with Gasteiger partial charge in [-0.15, -0.1) is 11.3 Å². The maximum Gasteiger partial charge on any atom is 0.282 e. The molecule has 2 aliphatic heterocycles. The van der Waals surface area contributed by atoms with Crippen LogP contribution in [-0.2, 0) is 10.3 Å². The Balaban J connectivity index is 1.54. The smallest absolute Gasteiger partial charge is 0.282 e. The number of thiazole rings is 1. The Morgan fingerprint density at radius 2 is 2.10 bits per heavy atom. The number of nitrogens with one attached hydrogen (secondary N) is 1. The highest BCUT2D eigenvalue weighted by molar-refractivity contribution is 7.09. The second-order valence-corrected chi connectivity index (χ2v) is 9.64. The van der Waals surface area contributed by atoms with Gasteiger partial charge in [0.05, 0.1) is 38.4 Å². The molecule has 0 spiro atoms. The minimum atomic E-state index is -2.72. The molecule has 0 aromatic carbocycles. The number of alkyl halides is 2. The third-order valence-electron chi connectivity index (χ3n) is 5.11. The predicted molar refractivity (Wildman–Crippen MR) is 108 cm³/mol. The highest BCUT2D eigenvalue weighted by atomic mass is 32.1. The van der Waals surface area contributed by atoms with Crippen LogP contribution in [0.2, 0.25) is 0 Å². The average Bonchev–Trinajstić information content (AvgIpc) is 3.18. The summed E-state index contributed by atoms with van der Waals surface area (Å²) in [6.45, 7) is 6.39. The van der Waals surface area contributed by atoms with Gasteiger partial charge in [-0.25, -0.2) is 18.7 Å². The van der Waals surface area contributed by atoms with Crippen molar-refractivity contribution < 1.29 is 23.0 Å². The van der Waals surface area contributed by atoms with E-state index in [-0.39, 0.29) is 17.0 Å². The van der Waals surface area contributed by atoms with E-state index in [9.17, 15) is 13.6 Å². The van der Waals surface area contributed by atoms with Crippen molar-refractivity contribution in [1.82, 2.24) is 15.3 Å². The quantitative estimate of drug-likeness (QED) is 0.716. The van der Waals surface area contributed by atoms with E-state index in [4.69, 9.17) is 9.47 Å². The molecule has 2 aromatic rings. The SMILES string of the molecule is CC1(COc2nc(C(=O)NC(C)(C)c3nccs3)ccc2N2CC(F)(F)C2)COC1. The average molecular weight is 439 g/mol. The second kappa shape index (κ2) is 7.42. The molecule has 162 valence electrons. The monoisotopic (exact) mass is 438 g/mol. The Morgan fingerprint density at radius 1 is 1.37 bits per heavy atom. The zero-order valence-corrected chi connectivity index (χ0v) is 17.9. The number of anilines is 1. The topological polar surface area (TPSA) is 76.6 Å². The van der Waals surface area contributed by atoms with Gasteiger partial charge in [0, 0.05) is 17.0 Å². The van der Waals surface area contributed by atoms with Gasteiger partial charge in [-0.05, 0) is 26.0 Å². The molecule has 4 rings (SSSR count). The molecular formula is C20H24F2N4O3S. The molecule has 2 saturated heterocycles. The molecule has 0 aliphatic carbocycles. The van der Waals surface area contributed by atoms with Crippen LogP contribution in [0.25, 0.3) is 0 Å². The molecule has 0 bridgehead atoms. The molecule has 7 nitrogen and oxygen atoms in total. The van der Waals surface area contributed by atoms with E-state index in [1.807, 2.05) is 26.2 Å². The number of hydrogen-bond acceptors (Lipinski definition) is 7. The molecule has 10 heteroatoms. The summed E-state index contributed by atoms with van der Waals surface area (Å²) in [6, 6.07) is 3.14. The van der Waals surface area contributed by atoms with Crippen LogP contribution in [0.3, 0.4) is 0 Å². The van der Waals surface area contributed by atoms with Gasteiger partial charge in [0.15, 0.2) is 0 Å². The molecule has 2 aliphatic rings. The highest BCUT2D eigenvalue weighted by Gasteiger charge is 2.45. The van der Waals surface area contributed by atoms with Crippen molar-refractivity contribution in [3.05, 3.63) is 34.4 Å². The number of aromatic nitrogens is 2. The Kier molecular flexibility index (Phi) is 5.17.